The molecular formula is C18H18N4O2. The van der Waals surface area contributed by atoms with E-state index in [-0.39, 0.29) is 17.6 Å². The van der Waals surface area contributed by atoms with E-state index in [0.717, 1.165) is 11.1 Å². The molecule has 6 nitrogen and oxygen atoms in total. The zero-order chi connectivity index (χ0) is 16.6. The molecule has 0 aliphatic heterocycles. The summed E-state index contributed by atoms with van der Waals surface area (Å²) in [7, 11) is 0. The van der Waals surface area contributed by atoms with Gasteiger partial charge in [-0.1, -0.05) is 60.7 Å². The number of carbonyl (C=O) groups excluding carboxylic acids is 1. The van der Waals surface area contributed by atoms with Crippen LogP contribution in [-0.4, -0.2) is 27.9 Å². The average molecular weight is 322 g/mol. The van der Waals surface area contributed by atoms with Crippen molar-refractivity contribution in [3.8, 4) is 0 Å². The maximum absolute atomic E-state index is 12.2. The fraction of sp³-hybridized carbons (Fsp3) is 0.167. The number of carbonyl (C=O) groups is 1. The summed E-state index contributed by atoms with van der Waals surface area (Å²) in [5.41, 5.74) is 2.31. The molecule has 0 aliphatic carbocycles. The van der Waals surface area contributed by atoms with E-state index in [2.05, 4.69) is 20.7 Å². The van der Waals surface area contributed by atoms with Crippen LogP contribution in [0, 0.1) is 0 Å². The number of H-pyrrole nitrogens is 1. The van der Waals surface area contributed by atoms with Gasteiger partial charge in [-0.25, -0.2) is 0 Å². The van der Waals surface area contributed by atoms with Crippen LogP contribution in [0.4, 0.5) is 0 Å². The summed E-state index contributed by atoms with van der Waals surface area (Å²) in [6.07, 6.45) is 1.39. The van der Waals surface area contributed by atoms with Crippen LogP contribution in [0.2, 0.25) is 0 Å². The lowest BCUT2D eigenvalue weighted by molar-refractivity contribution is 0.0793. The molecule has 1 heterocycles. The molecule has 0 aliphatic rings. The van der Waals surface area contributed by atoms with Gasteiger partial charge in [0.1, 0.15) is 0 Å². The van der Waals surface area contributed by atoms with E-state index < -0.39 is 0 Å². The number of nitrogens with zero attached hydrogens (tertiary/aromatic N) is 2. The monoisotopic (exact) mass is 322 g/mol. The summed E-state index contributed by atoms with van der Waals surface area (Å²) in [4.78, 5) is 12.2. The summed E-state index contributed by atoms with van der Waals surface area (Å²) in [5, 5.41) is 12.8. The molecule has 1 amide bonds. The van der Waals surface area contributed by atoms with Crippen molar-refractivity contribution >= 4 is 5.91 Å². The Bertz CT molecular complexity index is 745. The third-order valence-electron chi connectivity index (χ3n) is 3.55. The molecule has 1 aromatic heterocycles. The second-order valence-electron chi connectivity index (χ2n) is 5.29. The molecule has 0 saturated heterocycles. The predicted octanol–water partition coefficient (Wildman–Crippen LogP) is 2.49. The van der Waals surface area contributed by atoms with Gasteiger partial charge in [0.05, 0.1) is 25.5 Å². The predicted molar refractivity (Wildman–Crippen MR) is 89.1 cm³/mol. The summed E-state index contributed by atoms with van der Waals surface area (Å²) in [5.74, 6) is -0.291. The first-order valence-electron chi connectivity index (χ1n) is 7.66. The summed E-state index contributed by atoms with van der Waals surface area (Å²) in [6, 6.07) is 19.4. The highest BCUT2D eigenvalue weighted by Gasteiger charge is 2.17. The maximum atomic E-state index is 12.2. The largest absolute Gasteiger partial charge is 0.374 e. The van der Waals surface area contributed by atoms with Crippen LogP contribution >= 0.6 is 0 Å². The molecule has 2 aromatic carbocycles. The van der Waals surface area contributed by atoms with E-state index in [4.69, 9.17) is 4.74 Å². The van der Waals surface area contributed by atoms with E-state index >= 15 is 0 Å². The van der Waals surface area contributed by atoms with E-state index in [1.54, 1.807) is 0 Å². The molecule has 3 rings (SSSR count). The number of hydrogen-bond acceptors (Lipinski definition) is 4. The number of rotatable bonds is 7. The molecule has 3 aromatic rings. The second kappa shape index (κ2) is 8.03. The molecule has 24 heavy (non-hydrogen) atoms. The lowest BCUT2D eigenvalue weighted by Crippen LogP contribution is -2.31. The van der Waals surface area contributed by atoms with Gasteiger partial charge in [-0.2, -0.15) is 15.4 Å². The Labute approximate surface area is 139 Å². The van der Waals surface area contributed by atoms with Gasteiger partial charge in [-0.15, -0.1) is 0 Å². The minimum atomic E-state index is -0.291. The van der Waals surface area contributed by atoms with Crippen molar-refractivity contribution < 1.29 is 9.53 Å². The SMILES string of the molecule is O=C(N[C@@H](COCc1ccccc1)c1ccccc1)c1cn[nH]n1. The van der Waals surface area contributed by atoms with E-state index in [9.17, 15) is 4.79 Å². The summed E-state index contributed by atoms with van der Waals surface area (Å²) >= 11 is 0. The molecule has 0 spiro atoms. The number of nitrogens with one attached hydrogen (secondary N) is 2. The first-order chi connectivity index (χ1) is 11.8. The highest BCUT2D eigenvalue weighted by Crippen LogP contribution is 2.14. The van der Waals surface area contributed by atoms with Crippen LogP contribution in [0.15, 0.2) is 66.9 Å². The van der Waals surface area contributed by atoms with Crippen molar-refractivity contribution in [3.63, 3.8) is 0 Å². The Morgan fingerprint density at radius 1 is 1.08 bits per heavy atom. The lowest BCUT2D eigenvalue weighted by Gasteiger charge is -2.19. The number of aromatic amines is 1. The van der Waals surface area contributed by atoms with Crippen molar-refractivity contribution in [3.05, 3.63) is 83.7 Å². The summed E-state index contributed by atoms with van der Waals surface area (Å²) in [6.45, 7) is 0.854. The number of hydrogen-bond donors (Lipinski definition) is 2. The topological polar surface area (TPSA) is 79.9 Å². The van der Waals surface area contributed by atoms with Gasteiger partial charge < -0.3 is 10.1 Å². The fourth-order valence-corrected chi connectivity index (χ4v) is 2.32. The zero-order valence-corrected chi connectivity index (χ0v) is 13.1. The highest BCUT2D eigenvalue weighted by atomic mass is 16.5. The number of amides is 1. The lowest BCUT2D eigenvalue weighted by atomic mass is 10.1. The van der Waals surface area contributed by atoms with Crippen LogP contribution in [0.5, 0.6) is 0 Å². The molecule has 0 bridgehead atoms. The molecule has 122 valence electrons. The number of ether oxygens (including phenoxy) is 1. The van der Waals surface area contributed by atoms with Gasteiger partial charge in [-0.05, 0) is 11.1 Å². The van der Waals surface area contributed by atoms with E-state index in [1.165, 1.54) is 6.20 Å². The number of benzene rings is 2. The Morgan fingerprint density at radius 2 is 1.79 bits per heavy atom. The fourth-order valence-electron chi connectivity index (χ4n) is 2.32. The second-order valence-corrected chi connectivity index (χ2v) is 5.29. The molecule has 0 saturated carbocycles. The molecule has 0 fully saturated rings. The van der Waals surface area contributed by atoms with Crippen LogP contribution in [0.1, 0.15) is 27.7 Å². The zero-order valence-electron chi connectivity index (χ0n) is 13.1. The highest BCUT2D eigenvalue weighted by molar-refractivity contribution is 5.92. The minimum absolute atomic E-state index is 0.249. The van der Waals surface area contributed by atoms with E-state index in [0.29, 0.717) is 13.2 Å². The van der Waals surface area contributed by atoms with Gasteiger partial charge in [0.25, 0.3) is 5.91 Å². The quantitative estimate of drug-likeness (QED) is 0.700. The van der Waals surface area contributed by atoms with Gasteiger partial charge in [-0.3, -0.25) is 4.79 Å². The standard InChI is InChI=1S/C18H18N4O2/c23-18(16-11-19-22-21-16)20-17(15-9-5-2-6-10-15)13-24-12-14-7-3-1-4-8-14/h1-11,17H,12-13H2,(H,20,23)(H,19,21,22)/t17-/m0/s1. The smallest absolute Gasteiger partial charge is 0.274 e. The van der Waals surface area contributed by atoms with Crippen LogP contribution < -0.4 is 5.32 Å². The van der Waals surface area contributed by atoms with Crippen LogP contribution in [0.25, 0.3) is 0 Å². The van der Waals surface area contributed by atoms with Crippen molar-refractivity contribution in [2.45, 2.75) is 12.6 Å². The van der Waals surface area contributed by atoms with Crippen LogP contribution in [0.3, 0.4) is 0 Å². The van der Waals surface area contributed by atoms with Crippen molar-refractivity contribution in [2.75, 3.05) is 6.61 Å². The molecular weight excluding hydrogens is 304 g/mol. The van der Waals surface area contributed by atoms with Crippen LogP contribution in [-0.2, 0) is 11.3 Å². The van der Waals surface area contributed by atoms with Gasteiger partial charge in [0, 0.05) is 0 Å². The molecule has 2 N–H and O–H groups in total. The van der Waals surface area contributed by atoms with Gasteiger partial charge in [0.2, 0.25) is 0 Å². The van der Waals surface area contributed by atoms with Gasteiger partial charge >= 0.3 is 0 Å². The summed E-state index contributed by atoms with van der Waals surface area (Å²) < 4.78 is 5.80. The Balaban J connectivity index is 1.65. The minimum Gasteiger partial charge on any atom is -0.374 e. The molecule has 6 heteroatoms. The average Bonchev–Trinajstić information content (AvgIpc) is 3.17. The third kappa shape index (κ3) is 4.27. The Kier molecular flexibility index (Phi) is 5.32. The van der Waals surface area contributed by atoms with Crippen molar-refractivity contribution in [2.24, 2.45) is 0 Å². The van der Waals surface area contributed by atoms with Crippen molar-refractivity contribution in [1.29, 1.82) is 0 Å². The Hall–Kier alpha value is -2.99. The molecule has 0 radical (unpaired) electrons. The third-order valence-corrected chi connectivity index (χ3v) is 3.55. The number of aromatic nitrogens is 3. The van der Waals surface area contributed by atoms with Crippen molar-refractivity contribution in [1.82, 2.24) is 20.7 Å². The normalized spacial score (nSPS) is 11.8. The maximum Gasteiger partial charge on any atom is 0.274 e. The first-order valence-corrected chi connectivity index (χ1v) is 7.66. The van der Waals surface area contributed by atoms with E-state index in [1.807, 2.05) is 60.7 Å². The van der Waals surface area contributed by atoms with Gasteiger partial charge in [0.15, 0.2) is 5.69 Å². The molecule has 0 unspecified atom stereocenters. The Morgan fingerprint density at radius 3 is 2.46 bits per heavy atom. The first kappa shape index (κ1) is 15.9. The molecule has 1 atom stereocenters.